The van der Waals surface area contributed by atoms with E-state index in [0.29, 0.717) is 12.2 Å². The zero-order valence-electron chi connectivity index (χ0n) is 23.1. The van der Waals surface area contributed by atoms with Crippen LogP contribution in [0.5, 0.6) is 0 Å². The van der Waals surface area contributed by atoms with Gasteiger partial charge in [0, 0.05) is 57.6 Å². The van der Waals surface area contributed by atoms with Crippen molar-refractivity contribution in [1.82, 2.24) is 20.1 Å². The number of hydrogen-bond donors (Lipinski definition) is 3. The van der Waals surface area contributed by atoms with Crippen molar-refractivity contribution in [2.24, 2.45) is 0 Å². The number of hydrogen-bond acceptors (Lipinski definition) is 8. The topological polar surface area (TPSA) is 162 Å². The molecule has 2 aliphatic rings. The molecule has 4 rings (SSSR count). The number of benzene rings is 1. The van der Waals surface area contributed by atoms with Crippen LogP contribution < -0.4 is 10.2 Å². The number of nitrogens with one attached hydrogen (secondary N) is 1. The van der Waals surface area contributed by atoms with Crippen molar-refractivity contribution < 1.29 is 38.2 Å². The minimum Gasteiger partial charge on any atom is -0.450 e. The number of ether oxygens (including phenoxy) is 2. The maximum absolute atomic E-state index is 13.5. The molecule has 1 aromatic heterocycles. The maximum atomic E-state index is 13.5. The Balaban J connectivity index is 1.56. The van der Waals surface area contributed by atoms with E-state index < -0.39 is 37.7 Å². The highest BCUT2D eigenvalue weighted by molar-refractivity contribution is 7.51. The minimum atomic E-state index is -4.70. The third-order valence-corrected chi connectivity index (χ3v) is 7.94. The third-order valence-electron chi connectivity index (χ3n) is 7.10. The number of rotatable bonds is 9. The number of carbonyl (C=O) groups is 3. The highest BCUT2D eigenvalue weighted by atomic mass is 31.2. The molecule has 0 saturated carbocycles. The summed E-state index contributed by atoms with van der Waals surface area (Å²) in [7, 11) is -3.04. The Labute approximate surface area is 238 Å². The Morgan fingerprint density at radius 2 is 1.76 bits per heavy atom. The van der Waals surface area contributed by atoms with Crippen LogP contribution in [0.15, 0.2) is 42.5 Å². The quantitative estimate of drug-likeness (QED) is 0.366. The van der Waals surface area contributed by atoms with Gasteiger partial charge in [-0.1, -0.05) is 30.3 Å². The van der Waals surface area contributed by atoms with Gasteiger partial charge < -0.3 is 39.3 Å². The molecule has 2 atom stereocenters. The van der Waals surface area contributed by atoms with E-state index in [2.05, 4.69) is 15.2 Å². The maximum Gasteiger partial charge on any atom is 0.409 e. The van der Waals surface area contributed by atoms with E-state index in [9.17, 15) is 28.7 Å². The molecule has 2 aliphatic heterocycles. The number of aromatic nitrogens is 1. The lowest BCUT2D eigenvalue weighted by atomic mass is 10.1. The molecule has 0 radical (unpaired) electrons. The van der Waals surface area contributed by atoms with Crippen LogP contribution in [0.1, 0.15) is 23.8 Å². The molecule has 3 heterocycles. The average Bonchev–Trinajstić information content (AvgIpc) is 3.46. The Hall–Kier alpha value is -3.51. The Bertz CT molecular complexity index is 1280. The van der Waals surface area contributed by atoms with Crippen LogP contribution in [0.2, 0.25) is 0 Å². The van der Waals surface area contributed by atoms with Crippen molar-refractivity contribution in [3.63, 3.8) is 0 Å². The molecule has 3 amide bonds. The summed E-state index contributed by atoms with van der Waals surface area (Å²) in [5.41, 5.74) is 2.09. The molecule has 0 aliphatic carbocycles. The summed E-state index contributed by atoms with van der Waals surface area (Å²) < 4.78 is 22.4. The second kappa shape index (κ2) is 13.4. The first kappa shape index (κ1) is 30.4. The van der Waals surface area contributed by atoms with E-state index in [1.54, 1.807) is 20.1 Å². The predicted molar refractivity (Wildman–Crippen MR) is 151 cm³/mol. The Kier molecular flexibility index (Phi) is 9.98. The van der Waals surface area contributed by atoms with Crippen LogP contribution in [-0.2, 0) is 18.8 Å². The number of pyridine rings is 1. The van der Waals surface area contributed by atoms with Gasteiger partial charge in [0.15, 0.2) is 0 Å². The molecule has 41 heavy (non-hydrogen) atoms. The predicted octanol–water partition coefficient (Wildman–Crippen LogP) is 1.55. The largest absolute Gasteiger partial charge is 0.450 e. The first-order valence-corrected chi connectivity index (χ1v) is 15.3. The highest BCUT2D eigenvalue weighted by Crippen LogP contribution is 2.35. The molecular formula is C27H36N5O8P. The molecule has 14 heteroatoms. The van der Waals surface area contributed by atoms with E-state index >= 15 is 0 Å². The lowest BCUT2D eigenvalue weighted by molar-refractivity contribution is -0.134. The van der Waals surface area contributed by atoms with Crippen molar-refractivity contribution in [2.75, 3.05) is 64.0 Å². The normalized spacial score (nSPS) is 18.2. The van der Waals surface area contributed by atoms with Gasteiger partial charge in [-0.3, -0.25) is 14.2 Å². The fourth-order valence-electron chi connectivity index (χ4n) is 4.93. The molecule has 2 saturated heterocycles. The number of piperazine rings is 1. The van der Waals surface area contributed by atoms with Crippen molar-refractivity contribution in [3.05, 3.63) is 48.2 Å². The molecule has 1 aromatic carbocycles. The summed E-state index contributed by atoms with van der Waals surface area (Å²) in [4.78, 5) is 67.7. The number of carbonyl (C=O) groups excluding carboxylic acids is 3. The fourth-order valence-corrected chi connectivity index (χ4v) is 5.65. The fraction of sp³-hybridized carbons (Fsp3) is 0.481. The lowest BCUT2D eigenvalue weighted by Crippen LogP contribution is -2.56. The molecule has 0 unspecified atom stereocenters. The van der Waals surface area contributed by atoms with E-state index in [0.717, 1.165) is 24.2 Å². The van der Waals surface area contributed by atoms with Gasteiger partial charge in [-0.15, -0.1) is 0 Å². The Morgan fingerprint density at radius 3 is 2.37 bits per heavy atom. The number of amides is 3. The van der Waals surface area contributed by atoms with Crippen molar-refractivity contribution in [1.29, 1.82) is 0 Å². The molecule has 3 N–H and O–H groups in total. The smallest absolute Gasteiger partial charge is 0.409 e. The standard InChI is InChI=1S/C27H36N5O8P/c1-3-40-27(35)31-13-11-30(12-14-31)26(34)24(18-41(36,37)38)29-25(33)23-16-20(32-10-9-21(17-32)39-2)15-22(28-23)19-7-5-4-6-8-19/h4-8,15-16,21,24H,3,9-14,17-18H2,1-2H3,(H,29,33)(H2,36,37,38)/t21-,24-/m0/s1. The van der Waals surface area contributed by atoms with E-state index in [1.165, 1.54) is 9.80 Å². The van der Waals surface area contributed by atoms with E-state index in [4.69, 9.17) is 9.47 Å². The van der Waals surface area contributed by atoms with Gasteiger partial charge in [-0.25, -0.2) is 9.78 Å². The summed E-state index contributed by atoms with van der Waals surface area (Å²) in [5.74, 6) is -1.38. The van der Waals surface area contributed by atoms with Crippen LogP contribution in [-0.4, -0.2) is 114 Å². The Morgan fingerprint density at radius 1 is 1.07 bits per heavy atom. The van der Waals surface area contributed by atoms with Crippen LogP contribution in [0.25, 0.3) is 11.3 Å². The third kappa shape index (κ3) is 8.04. The lowest BCUT2D eigenvalue weighted by Gasteiger charge is -2.36. The number of nitrogens with zero attached hydrogens (tertiary/aromatic N) is 4. The van der Waals surface area contributed by atoms with Crippen molar-refractivity contribution >= 4 is 31.2 Å². The van der Waals surface area contributed by atoms with E-state index in [1.807, 2.05) is 36.4 Å². The van der Waals surface area contributed by atoms with Crippen molar-refractivity contribution in [2.45, 2.75) is 25.5 Å². The molecule has 222 valence electrons. The van der Waals surface area contributed by atoms with Gasteiger partial charge >= 0.3 is 13.7 Å². The van der Waals surface area contributed by atoms with Gasteiger partial charge in [-0.2, -0.15) is 0 Å². The molecule has 2 fully saturated rings. The van der Waals surface area contributed by atoms with Gasteiger partial charge in [0.05, 0.1) is 24.6 Å². The summed E-state index contributed by atoms with van der Waals surface area (Å²) >= 11 is 0. The summed E-state index contributed by atoms with van der Waals surface area (Å²) in [6, 6.07) is 11.3. The number of anilines is 1. The summed E-state index contributed by atoms with van der Waals surface area (Å²) in [5, 5.41) is 2.52. The zero-order chi connectivity index (χ0) is 29.6. The minimum absolute atomic E-state index is 0.0119. The molecule has 0 bridgehead atoms. The monoisotopic (exact) mass is 589 g/mol. The van der Waals surface area contributed by atoms with Gasteiger partial charge in [0.2, 0.25) is 5.91 Å². The zero-order valence-corrected chi connectivity index (χ0v) is 24.0. The van der Waals surface area contributed by atoms with Gasteiger partial charge in [0.1, 0.15) is 11.7 Å². The van der Waals surface area contributed by atoms with Crippen LogP contribution in [0.4, 0.5) is 10.5 Å². The number of methoxy groups -OCH3 is 1. The molecule has 2 aromatic rings. The second-order valence-corrected chi connectivity index (χ2v) is 11.6. The molecule has 0 spiro atoms. The van der Waals surface area contributed by atoms with Gasteiger partial charge in [-0.05, 0) is 25.5 Å². The summed E-state index contributed by atoms with van der Waals surface area (Å²) in [6.07, 6.45) is -0.490. The van der Waals surface area contributed by atoms with Gasteiger partial charge in [0.25, 0.3) is 5.91 Å². The molecular weight excluding hydrogens is 553 g/mol. The second-order valence-electron chi connectivity index (χ2n) is 9.94. The highest BCUT2D eigenvalue weighted by Gasteiger charge is 2.35. The van der Waals surface area contributed by atoms with Crippen LogP contribution in [0, 0.1) is 0 Å². The van der Waals surface area contributed by atoms with E-state index in [-0.39, 0.29) is 44.6 Å². The van der Waals surface area contributed by atoms with Crippen LogP contribution >= 0.6 is 7.60 Å². The summed E-state index contributed by atoms with van der Waals surface area (Å²) in [6.45, 7) is 3.93. The molecule has 13 nitrogen and oxygen atoms in total. The first-order chi connectivity index (χ1) is 19.6. The average molecular weight is 590 g/mol. The first-order valence-electron chi connectivity index (χ1n) is 13.5. The van der Waals surface area contributed by atoms with Crippen molar-refractivity contribution in [3.8, 4) is 11.3 Å². The van der Waals surface area contributed by atoms with Crippen LogP contribution in [0.3, 0.4) is 0 Å². The SMILES string of the molecule is CCOC(=O)N1CCN(C(=O)[C@H](CP(=O)(O)O)NC(=O)c2cc(N3CC[C@H](OC)C3)cc(-c3ccccc3)n2)CC1.